The topological polar surface area (TPSA) is 25.8 Å². The van der Waals surface area contributed by atoms with E-state index < -0.39 is 0 Å². The Bertz CT molecular complexity index is 431. The van der Waals surface area contributed by atoms with Crippen LogP contribution in [0.25, 0.3) is 11.0 Å². The molecule has 0 atom stereocenters. The summed E-state index contributed by atoms with van der Waals surface area (Å²) in [4.78, 5) is 0. The van der Waals surface area contributed by atoms with Gasteiger partial charge in [-0.15, -0.1) is 0 Å². The number of fused-ring (bicyclic) bond motifs is 1. The molecule has 1 heterocycles. The number of aromatic nitrogens is 2. The van der Waals surface area contributed by atoms with Crippen molar-refractivity contribution in [2.45, 2.75) is 20.8 Å². The molecule has 2 aromatic rings. The van der Waals surface area contributed by atoms with Crippen molar-refractivity contribution in [2.75, 3.05) is 0 Å². The Morgan fingerprint density at radius 1 is 1.00 bits per heavy atom. The summed E-state index contributed by atoms with van der Waals surface area (Å²) < 4.78 is 8.52. The summed E-state index contributed by atoms with van der Waals surface area (Å²) in [6, 6.07) is 2.17. The molecule has 0 amide bonds. The molecule has 3 heteroatoms. The van der Waals surface area contributed by atoms with Crippen LogP contribution in [0.3, 0.4) is 0 Å². The molecule has 1 aromatic carbocycles. The summed E-state index contributed by atoms with van der Waals surface area (Å²) in [5.41, 5.74) is 5.90. The standard InChI is InChI=1S/C9H10N2S/c1-5-4-6(2)8-9(7(5)3)11-12-10-8/h4H,1-3H3. The predicted molar refractivity (Wildman–Crippen MR) is 51.6 cm³/mol. The number of aryl methyl sites for hydroxylation is 3. The highest BCUT2D eigenvalue weighted by atomic mass is 32.1. The maximum atomic E-state index is 4.27. The smallest absolute Gasteiger partial charge is 0.108 e. The molecule has 0 spiro atoms. The fourth-order valence-electron chi connectivity index (χ4n) is 1.38. The molecule has 0 aliphatic carbocycles. The molecule has 0 fully saturated rings. The molecular formula is C9H10N2S. The molecule has 0 radical (unpaired) electrons. The van der Waals surface area contributed by atoms with Crippen LogP contribution in [-0.2, 0) is 0 Å². The van der Waals surface area contributed by atoms with Crippen molar-refractivity contribution in [3.05, 3.63) is 22.8 Å². The number of hydrogen-bond donors (Lipinski definition) is 0. The van der Waals surface area contributed by atoms with E-state index in [1.54, 1.807) is 0 Å². The summed E-state index contributed by atoms with van der Waals surface area (Å²) >= 11 is 1.29. The molecule has 0 unspecified atom stereocenters. The van der Waals surface area contributed by atoms with Crippen LogP contribution in [0.1, 0.15) is 16.7 Å². The van der Waals surface area contributed by atoms with E-state index in [9.17, 15) is 0 Å². The van der Waals surface area contributed by atoms with E-state index in [2.05, 4.69) is 35.6 Å². The van der Waals surface area contributed by atoms with Gasteiger partial charge in [-0.3, -0.25) is 0 Å². The first-order valence-corrected chi connectivity index (χ1v) is 4.62. The van der Waals surface area contributed by atoms with Gasteiger partial charge in [0.1, 0.15) is 11.0 Å². The van der Waals surface area contributed by atoms with Gasteiger partial charge in [-0.2, -0.15) is 8.75 Å². The second kappa shape index (κ2) is 2.52. The molecule has 0 aliphatic rings. The first-order chi connectivity index (χ1) is 5.70. The second-order valence-electron chi connectivity index (χ2n) is 3.10. The Hall–Kier alpha value is -0.960. The van der Waals surface area contributed by atoms with E-state index in [0.717, 1.165) is 11.0 Å². The highest BCUT2D eigenvalue weighted by Gasteiger charge is 2.06. The van der Waals surface area contributed by atoms with Crippen LogP contribution in [0.15, 0.2) is 6.07 Å². The zero-order valence-electron chi connectivity index (χ0n) is 7.38. The Kier molecular flexibility index (Phi) is 1.61. The molecule has 0 N–H and O–H groups in total. The third-order valence-electron chi connectivity index (χ3n) is 2.24. The molecule has 0 aliphatic heterocycles. The van der Waals surface area contributed by atoms with Gasteiger partial charge in [0.15, 0.2) is 0 Å². The van der Waals surface area contributed by atoms with Crippen molar-refractivity contribution >= 4 is 22.8 Å². The molecule has 0 saturated carbocycles. The minimum atomic E-state index is 1.06. The first kappa shape index (κ1) is 7.68. The lowest BCUT2D eigenvalue weighted by Gasteiger charge is -2.01. The van der Waals surface area contributed by atoms with Crippen LogP contribution >= 0.6 is 11.7 Å². The van der Waals surface area contributed by atoms with Gasteiger partial charge in [-0.25, -0.2) is 0 Å². The highest BCUT2D eigenvalue weighted by molar-refractivity contribution is 7.00. The van der Waals surface area contributed by atoms with Crippen molar-refractivity contribution in [3.63, 3.8) is 0 Å². The third-order valence-corrected chi connectivity index (χ3v) is 2.77. The lowest BCUT2D eigenvalue weighted by atomic mass is 10.0. The average molecular weight is 178 g/mol. The Morgan fingerprint density at radius 3 is 2.42 bits per heavy atom. The van der Waals surface area contributed by atoms with Crippen LogP contribution in [0.4, 0.5) is 0 Å². The normalized spacial score (nSPS) is 10.9. The molecule has 12 heavy (non-hydrogen) atoms. The SMILES string of the molecule is Cc1cc(C)c2nsnc2c1C. The van der Waals surface area contributed by atoms with Gasteiger partial charge in [0.2, 0.25) is 0 Å². The molecular weight excluding hydrogens is 168 g/mol. The van der Waals surface area contributed by atoms with Crippen molar-refractivity contribution in [1.82, 2.24) is 8.75 Å². The second-order valence-corrected chi connectivity index (χ2v) is 3.63. The van der Waals surface area contributed by atoms with Gasteiger partial charge < -0.3 is 0 Å². The van der Waals surface area contributed by atoms with Gasteiger partial charge in [-0.1, -0.05) is 6.07 Å². The third kappa shape index (κ3) is 0.932. The van der Waals surface area contributed by atoms with E-state index in [0.29, 0.717) is 0 Å². The van der Waals surface area contributed by atoms with E-state index in [1.807, 2.05) is 0 Å². The molecule has 0 bridgehead atoms. The summed E-state index contributed by atoms with van der Waals surface area (Å²) in [7, 11) is 0. The maximum Gasteiger partial charge on any atom is 0.108 e. The van der Waals surface area contributed by atoms with Gasteiger partial charge in [0.25, 0.3) is 0 Å². The van der Waals surface area contributed by atoms with E-state index >= 15 is 0 Å². The number of hydrogen-bond acceptors (Lipinski definition) is 3. The van der Waals surface area contributed by atoms with Crippen LogP contribution in [0.2, 0.25) is 0 Å². The van der Waals surface area contributed by atoms with Gasteiger partial charge in [-0.05, 0) is 37.5 Å². The van der Waals surface area contributed by atoms with Crippen LogP contribution in [0.5, 0.6) is 0 Å². The largest absolute Gasteiger partial charge is 0.173 e. The fourth-order valence-corrected chi connectivity index (χ4v) is 2.04. The summed E-state index contributed by atoms with van der Waals surface area (Å²) in [5.74, 6) is 0. The van der Waals surface area contributed by atoms with Crippen molar-refractivity contribution in [1.29, 1.82) is 0 Å². The number of rotatable bonds is 0. The van der Waals surface area contributed by atoms with Crippen LogP contribution < -0.4 is 0 Å². The summed E-state index contributed by atoms with van der Waals surface area (Å²) in [6.07, 6.45) is 0. The van der Waals surface area contributed by atoms with Crippen LogP contribution in [0, 0.1) is 20.8 Å². The van der Waals surface area contributed by atoms with Gasteiger partial charge in [0.05, 0.1) is 11.7 Å². The van der Waals surface area contributed by atoms with Crippen molar-refractivity contribution in [3.8, 4) is 0 Å². The maximum absolute atomic E-state index is 4.27. The number of nitrogens with zero attached hydrogens (tertiary/aromatic N) is 2. The Balaban J connectivity index is 2.97. The van der Waals surface area contributed by atoms with Crippen molar-refractivity contribution < 1.29 is 0 Å². The predicted octanol–water partition coefficient (Wildman–Crippen LogP) is 2.62. The minimum absolute atomic E-state index is 1.06. The fraction of sp³-hybridized carbons (Fsp3) is 0.333. The lowest BCUT2D eigenvalue weighted by Crippen LogP contribution is -1.86. The first-order valence-electron chi connectivity index (χ1n) is 3.89. The lowest BCUT2D eigenvalue weighted by molar-refractivity contribution is 1.32. The average Bonchev–Trinajstić information content (AvgIpc) is 2.48. The molecule has 2 nitrogen and oxygen atoms in total. The minimum Gasteiger partial charge on any atom is -0.173 e. The number of benzene rings is 1. The van der Waals surface area contributed by atoms with E-state index in [1.165, 1.54) is 28.4 Å². The molecule has 62 valence electrons. The quantitative estimate of drug-likeness (QED) is 0.619. The van der Waals surface area contributed by atoms with Gasteiger partial charge in [0, 0.05) is 0 Å². The highest BCUT2D eigenvalue weighted by Crippen LogP contribution is 2.22. The molecule has 2 rings (SSSR count). The van der Waals surface area contributed by atoms with E-state index in [-0.39, 0.29) is 0 Å². The monoisotopic (exact) mass is 178 g/mol. The zero-order chi connectivity index (χ0) is 8.72. The van der Waals surface area contributed by atoms with Crippen LogP contribution in [-0.4, -0.2) is 8.75 Å². The molecule has 1 aromatic heterocycles. The zero-order valence-corrected chi connectivity index (χ0v) is 8.20. The Morgan fingerprint density at radius 2 is 1.67 bits per heavy atom. The summed E-state index contributed by atoms with van der Waals surface area (Å²) in [6.45, 7) is 6.29. The Labute approximate surface area is 75.6 Å². The molecule has 0 saturated heterocycles. The van der Waals surface area contributed by atoms with E-state index in [4.69, 9.17) is 0 Å². The van der Waals surface area contributed by atoms with Crippen molar-refractivity contribution in [2.24, 2.45) is 0 Å². The van der Waals surface area contributed by atoms with Gasteiger partial charge >= 0.3 is 0 Å². The summed E-state index contributed by atoms with van der Waals surface area (Å²) in [5, 5.41) is 0.